The molecule has 17 heavy (non-hydrogen) atoms. The van der Waals surface area contributed by atoms with Crippen molar-refractivity contribution in [3.05, 3.63) is 28.2 Å². The highest BCUT2D eigenvalue weighted by atomic mass is 79.9. The number of carbonyl (C=O) groups excluding carboxylic acids is 1. The molecular weight excluding hydrogens is 284 g/mol. The van der Waals surface area contributed by atoms with E-state index in [9.17, 15) is 4.79 Å². The lowest BCUT2D eigenvalue weighted by Crippen LogP contribution is -2.43. The van der Waals surface area contributed by atoms with Gasteiger partial charge in [0.25, 0.3) is 0 Å². The van der Waals surface area contributed by atoms with Crippen molar-refractivity contribution in [1.29, 1.82) is 0 Å². The van der Waals surface area contributed by atoms with E-state index in [1.54, 1.807) is 13.8 Å². The van der Waals surface area contributed by atoms with Gasteiger partial charge < -0.3 is 9.47 Å². The van der Waals surface area contributed by atoms with E-state index in [1.807, 2.05) is 25.1 Å². The van der Waals surface area contributed by atoms with Crippen molar-refractivity contribution in [1.82, 2.24) is 0 Å². The van der Waals surface area contributed by atoms with Crippen LogP contribution in [-0.2, 0) is 9.53 Å². The first-order chi connectivity index (χ1) is 7.99. The van der Waals surface area contributed by atoms with E-state index >= 15 is 0 Å². The van der Waals surface area contributed by atoms with E-state index in [-0.39, 0.29) is 11.9 Å². The van der Waals surface area contributed by atoms with E-state index in [0.29, 0.717) is 6.61 Å². The van der Waals surface area contributed by atoms with E-state index in [4.69, 9.17) is 9.47 Å². The number of halogens is 1. The number of hydrogen-bond acceptors (Lipinski definition) is 3. The van der Waals surface area contributed by atoms with Crippen molar-refractivity contribution in [2.45, 2.75) is 32.3 Å². The molecule has 0 saturated heterocycles. The molecule has 2 atom stereocenters. The lowest BCUT2D eigenvalue weighted by molar-refractivity contribution is -0.160. The first-order valence-corrected chi connectivity index (χ1v) is 6.44. The molecular formula is C13H15BrO3. The summed E-state index contributed by atoms with van der Waals surface area (Å²) in [4.78, 5) is 12.0. The number of esters is 1. The van der Waals surface area contributed by atoms with Crippen LogP contribution in [0.2, 0.25) is 0 Å². The van der Waals surface area contributed by atoms with Gasteiger partial charge in [0.1, 0.15) is 5.75 Å². The van der Waals surface area contributed by atoms with Gasteiger partial charge in [-0.05, 0) is 32.0 Å². The van der Waals surface area contributed by atoms with Gasteiger partial charge in [-0.25, -0.2) is 4.79 Å². The van der Waals surface area contributed by atoms with Crippen LogP contribution in [0.5, 0.6) is 5.75 Å². The van der Waals surface area contributed by atoms with Crippen molar-refractivity contribution in [2.75, 3.05) is 6.61 Å². The summed E-state index contributed by atoms with van der Waals surface area (Å²) in [5.74, 6) is 0.435. The lowest BCUT2D eigenvalue weighted by Gasteiger charge is -2.25. The van der Waals surface area contributed by atoms with E-state index < -0.39 is 5.60 Å². The first kappa shape index (κ1) is 12.4. The molecule has 0 aliphatic carbocycles. The van der Waals surface area contributed by atoms with Gasteiger partial charge in [0, 0.05) is 16.0 Å². The maximum Gasteiger partial charge on any atom is 0.350 e. The summed E-state index contributed by atoms with van der Waals surface area (Å²) in [7, 11) is 0. The molecule has 0 fully saturated rings. The Labute approximate surface area is 109 Å². The highest BCUT2D eigenvalue weighted by molar-refractivity contribution is 9.10. The van der Waals surface area contributed by atoms with E-state index in [1.165, 1.54) is 0 Å². The molecule has 3 nitrogen and oxygen atoms in total. The molecule has 2 unspecified atom stereocenters. The van der Waals surface area contributed by atoms with Crippen molar-refractivity contribution in [3.8, 4) is 5.75 Å². The number of rotatable bonds is 2. The van der Waals surface area contributed by atoms with Gasteiger partial charge >= 0.3 is 5.97 Å². The summed E-state index contributed by atoms with van der Waals surface area (Å²) in [6, 6.07) is 5.77. The maximum atomic E-state index is 12.0. The van der Waals surface area contributed by atoms with Gasteiger partial charge in [0.15, 0.2) is 0 Å². The fraction of sp³-hybridized carbons (Fsp3) is 0.462. The Morgan fingerprint density at radius 1 is 1.59 bits per heavy atom. The number of fused-ring (bicyclic) bond motifs is 1. The van der Waals surface area contributed by atoms with Crippen LogP contribution in [0.15, 0.2) is 22.7 Å². The molecule has 1 aromatic carbocycles. The average molecular weight is 299 g/mol. The molecule has 0 N–H and O–H groups in total. The minimum atomic E-state index is -0.918. The summed E-state index contributed by atoms with van der Waals surface area (Å²) in [6.45, 7) is 5.92. The number of carbonyl (C=O) groups is 1. The fourth-order valence-electron chi connectivity index (χ4n) is 2.06. The molecule has 0 saturated carbocycles. The quantitative estimate of drug-likeness (QED) is 0.786. The molecule has 1 aromatic rings. The van der Waals surface area contributed by atoms with Crippen LogP contribution < -0.4 is 4.74 Å². The summed E-state index contributed by atoms with van der Waals surface area (Å²) < 4.78 is 11.9. The second-order valence-electron chi connectivity index (χ2n) is 4.33. The summed E-state index contributed by atoms with van der Waals surface area (Å²) in [5, 5.41) is 0. The molecule has 1 heterocycles. The van der Waals surface area contributed by atoms with Gasteiger partial charge in [-0.1, -0.05) is 22.9 Å². The van der Waals surface area contributed by atoms with Crippen molar-refractivity contribution < 1.29 is 14.3 Å². The minimum Gasteiger partial charge on any atom is -0.475 e. The minimum absolute atomic E-state index is 0.0194. The fourth-order valence-corrected chi connectivity index (χ4v) is 2.44. The Morgan fingerprint density at radius 3 is 2.94 bits per heavy atom. The Hall–Kier alpha value is -1.03. The topological polar surface area (TPSA) is 35.5 Å². The zero-order valence-corrected chi connectivity index (χ0v) is 11.7. The molecule has 0 radical (unpaired) electrons. The lowest BCUT2D eigenvalue weighted by atomic mass is 9.87. The monoisotopic (exact) mass is 298 g/mol. The molecule has 0 aromatic heterocycles. The van der Waals surface area contributed by atoms with Gasteiger partial charge in [0.2, 0.25) is 5.60 Å². The highest BCUT2D eigenvalue weighted by Crippen LogP contribution is 2.45. The van der Waals surface area contributed by atoms with Crippen LogP contribution in [0.25, 0.3) is 0 Å². The van der Waals surface area contributed by atoms with Crippen molar-refractivity contribution in [2.24, 2.45) is 0 Å². The Kier molecular flexibility index (Phi) is 3.17. The van der Waals surface area contributed by atoms with Crippen molar-refractivity contribution in [3.63, 3.8) is 0 Å². The average Bonchev–Trinajstić information content (AvgIpc) is 2.54. The third kappa shape index (κ3) is 1.95. The zero-order valence-electron chi connectivity index (χ0n) is 10.1. The molecule has 4 heteroatoms. The smallest absolute Gasteiger partial charge is 0.350 e. The standard InChI is InChI=1S/C13H15BrO3/c1-4-16-12(15)13(3)8(2)10-7-9(14)5-6-11(10)17-13/h5-8H,4H2,1-3H3. The molecule has 92 valence electrons. The Balaban J connectivity index is 2.36. The van der Waals surface area contributed by atoms with Crippen LogP contribution in [0.4, 0.5) is 0 Å². The summed E-state index contributed by atoms with van der Waals surface area (Å²) in [6.07, 6.45) is 0. The van der Waals surface area contributed by atoms with Crippen LogP contribution in [0.1, 0.15) is 32.3 Å². The summed E-state index contributed by atoms with van der Waals surface area (Å²) in [5.41, 5.74) is 0.119. The predicted octanol–water partition coefficient (Wildman–Crippen LogP) is 3.27. The first-order valence-electron chi connectivity index (χ1n) is 5.64. The van der Waals surface area contributed by atoms with Crippen LogP contribution in [0.3, 0.4) is 0 Å². The molecule has 2 rings (SSSR count). The highest BCUT2D eigenvalue weighted by Gasteiger charge is 2.49. The van der Waals surface area contributed by atoms with Crippen molar-refractivity contribution >= 4 is 21.9 Å². The molecule has 0 bridgehead atoms. The van der Waals surface area contributed by atoms with Crippen LogP contribution in [-0.4, -0.2) is 18.2 Å². The molecule has 1 aliphatic rings. The third-order valence-corrected chi connectivity index (χ3v) is 3.76. The van der Waals surface area contributed by atoms with Gasteiger partial charge in [-0.3, -0.25) is 0 Å². The number of hydrogen-bond donors (Lipinski definition) is 0. The molecule has 0 spiro atoms. The second kappa shape index (κ2) is 4.33. The van der Waals surface area contributed by atoms with Crippen LogP contribution in [0, 0.1) is 0 Å². The predicted molar refractivity (Wildman–Crippen MR) is 68.2 cm³/mol. The maximum absolute atomic E-state index is 12.0. The zero-order chi connectivity index (χ0) is 12.6. The normalized spacial score (nSPS) is 26.2. The van der Waals surface area contributed by atoms with Gasteiger partial charge in [-0.15, -0.1) is 0 Å². The van der Waals surface area contributed by atoms with E-state index in [0.717, 1.165) is 15.8 Å². The van der Waals surface area contributed by atoms with Gasteiger partial charge in [-0.2, -0.15) is 0 Å². The molecule has 1 aliphatic heterocycles. The van der Waals surface area contributed by atoms with Gasteiger partial charge in [0.05, 0.1) is 6.61 Å². The molecule has 0 amide bonds. The SMILES string of the molecule is CCOC(=O)C1(C)Oc2ccc(Br)cc2C1C. The second-order valence-corrected chi connectivity index (χ2v) is 5.25. The largest absolute Gasteiger partial charge is 0.475 e. The Bertz CT molecular complexity index is 458. The third-order valence-electron chi connectivity index (χ3n) is 3.27. The van der Waals surface area contributed by atoms with Crippen LogP contribution >= 0.6 is 15.9 Å². The Morgan fingerprint density at radius 2 is 2.29 bits per heavy atom. The number of benzene rings is 1. The number of ether oxygens (including phenoxy) is 2. The van der Waals surface area contributed by atoms with E-state index in [2.05, 4.69) is 15.9 Å². The summed E-state index contributed by atoms with van der Waals surface area (Å²) >= 11 is 3.43.